The molecule has 0 aliphatic heterocycles. The molecule has 1 heterocycles. The molecule has 0 radical (unpaired) electrons. The summed E-state index contributed by atoms with van der Waals surface area (Å²) in [4.78, 5) is 8.81. The van der Waals surface area contributed by atoms with Gasteiger partial charge < -0.3 is 15.8 Å². The molecule has 0 saturated carbocycles. The van der Waals surface area contributed by atoms with Gasteiger partial charge in [0, 0.05) is 11.4 Å². The Labute approximate surface area is 130 Å². The Kier molecular flexibility index (Phi) is 4.51. The Morgan fingerprint density at radius 2 is 2.10 bits per heavy atom. The number of aryl methyl sites for hydroxylation is 1. The molecule has 0 spiro atoms. The third kappa shape index (κ3) is 3.43. The van der Waals surface area contributed by atoms with Gasteiger partial charge in [-0.3, -0.25) is 0 Å². The average Bonchev–Trinajstić information content (AvgIpc) is 2.38. The molecule has 0 unspecified atom stereocenters. The van der Waals surface area contributed by atoms with E-state index in [4.69, 9.17) is 22.7 Å². The van der Waals surface area contributed by atoms with Crippen molar-refractivity contribution in [1.29, 1.82) is 0 Å². The summed E-state index contributed by atoms with van der Waals surface area (Å²) in [5.74, 6) is 1.20. The van der Waals surface area contributed by atoms with E-state index in [1.54, 1.807) is 13.2 Å². The number of nitrogens with two attached hydrogens (primary N) is 1. The summed E-state index contributed by atoms with van der Waals surface area (Å²) in [6, 6.07) is 7.34. The predicted octanol–water partition coefficient (Wildman–Crippen LogP) is 2.93. The summed E-state index contributed by atoms with van der Waals surface area (Å²) in [6.45, 7) is 1.86. The minimum Gasteiger partial charge on any atom is -0.496 e. The fraction of sp³-hybridized carbons (Fsp3) is 0.154. The predicted molar refractivity (Wildman–Crippen MR) is 86.6 cm³/mol. The van der Waals surface area contributed by atoms with Crippen LogP contribution < -0.4 is 15.8 Å². The van der Waals surface area contributed by atoms with E-state index in [1.807, 2.05) is 25.1 Å². The van der Waals surface area contributed by atoms with Gasteiger partial charge in [0.15, 0.2) is 0 Å². The first kappa shape index (κ1) is 14.7. The van der Waals surface area contributed by atoms with Gasteiger partial charge >= 0.3 is 0 Å². The SMILES string of the molecule is COc1ccc(Nc2nc(C)cc(C(N)=S)n2)cc1Br. The molecule has 2 rings (SSSR count). The summed E-state index contributed by atoms with van der Waals surface area (Å²) in [6.07, 6.45) is 0. The number of halogens is 1. The summed E-state index contributed by atoms with van der Waals surface area (Å²) < 4.78 is 6.02. The second-order valence-electron chi connectivity index (χ2n) is 4.06. The number of nitrogens with one attached hydrogen (secondary N) is 1. The van der Waals surface area contributed by atoms with Crippen LogP contribution in [0.2, 0.25) is 0 Å². The van der Waals surface area contributed by atoms with E-state index in [1.165, 1.54) is 0 Å². The molecule has 0 amide bonds. The highest BCUT2D eigenvalue weighted by Gasteiger charge is 2.06. The van der Waals surface area contributed by atoms with Crippen LogP contribution in [-0.2, 0) is 0 Å². The van der Waals surface area contributed by atoms with E-state index < -0.39 is 0 Å². The zero-order chi connectivity index (χ0) is 14.7. The highest BCUT2D eigenvalue weighted by atomic mass is 79.9. The van der Waals surface area contributed by atoms with E-state index in [2.05, 4.69) is 31.2 Å². The first-order chi connectivity index (χ1) is 9.49. The minimum atomic E-state index is 0.245. The molecule has 0 saturated heterocycles. The van der Waals surface area contributed by atoms with Crippen LogP contribution in [0, 0.1) is 6.92 Å². The first-order valence-electron chi connectivity index (χ1n) is 5.75. The van der Waals surface area contributed by atoms with Crippen molar-refractivity contribution in [3.8, 4) is 5.75 Å². The quantitative estimate of drug-likeness (QED) is 0.824. The standard InChI is InChI=1S/C13H13BrN4OS/c1-7-5-10(12(15)20)18-13(16-7)17-8-3-4-11(19-2)9(14)6-8/h3-6H,1-2H3,(H2,15,20)(H,16,17,18). The summed E-state index contributed by atoms with van der Waals surface area (Å²) >= 11 is 8.36. The van der Waals surface area contributed by atoms with Gasteiger partial charge in [0.25, 0.3) is 0 Å². The Bertz CT molecular complexity index is 663. The van der Waals surface area contributed by atoms with Crippen LogP contribution in [0.25, 0.3) is 0 Å². The first-order valence-corrected chi connectivity index (χ1v) is 6.96. The van der Waals surface area contributed by atoms with Crippen LogP contribution >= 0.6 is 28.1 Å². The number of hydrogen-bond donors (Lipinski definition) is 2. The van der Waals surface area contributed by atoms with Gasteiger partial charge in [-0.1, -0.05) is 12.2 Å². The number of ether oxygens (including phenoxy) is 1. The van der Waals surface area contributed by atoms with Gasteiger partial charge in [-0.25, -0.2) is 9.97 Å². The van der Waals surface area contributed by atoms with Crippen molar-refractivity contribution in [2.24, 2.45) is 5.73 Å². The topological polar surface area (TPSA) is 73.1 Å². The molecular formula is C13H13BrN4OS. The molecule has 7 heteroatoms. The number of thiocarbonyl (C=S) groups is 1. The lowest BCUT2D eigenvalue weighted by atomic mass is 10.3. The van der Waals surface area contributed by atoms with Crippen LogP contribution in [0.15, 0.2) is 28.7 Å². The van der Waals surface area contributed by atoms with Gasteiger partial charge in [0.1, 0.15) is 16.4 Å². The molecule has 104 valence electrons. The second kappa shape index (κ2) is 6.15. The van der Waals surface area contributed by atoms with Crippen molar-refractivity contribution in [3.05, 3.63) is 40.1 Å². The molecule has 5 nitrogen and oxygen atoms in total. The van der Waals surface area contributed by atoms with Crippen LogP contribution in [0.3, 0.4) is 0 Å². The van der Waals surface area contributed by atoms with Crippen LogP contribution in [0.5, 0.6) is 5.75 Å². The van der Waals surface area contributed by atoms with E-state index in [0.29, 0.717) is 11.6 Å². The lowest BCUT2D eigenvalue weighted by Crippen LogP contribution is -2.13. The molecule has 1 aromatic carbocycles. The molecule has 3 N–H and O–H groups in total. The lowest BCUT2D eigenvalue weighted by molar-refractivity contribution is 0.412. The van der Waals surface area contributed by atoms with Crippen molar-refractivity contribution >= 4 is 44.8 Å². The Morgan fingerprint density at radius 1 is 1.35 bits per heavy atom. The molecule has 2 aromatic rings. The number of hydrogen-bond acceptors (Lipinski definition) is 5. The summed E-state index contributed by atoms with van der Waals surface area (Å²) in [5, 5.41) is 3.11. The third-order valence-corrected chi connectivity index (χ3v) is 3.34. The summed E-state index contributed by atoms with van der Waals surface area (Å²) in [5.41, 5.74) is 7.76. The zero-order valence-corrected chi connectivity index (χ0v) is 13.4. The van der Waals surface area contributed by atoms with Gasteiger partial charge in [0.2, 0.25) is 5.95 Å². The number of nitrogens with zero attached hydrogens (tertiary/aromatic N) is 2. The number of methoxy groups -OCH3 is 1. The minimum absolute atomic E-state index is 0.245. The number of benzene rings is 1. The molecule has 0 aliphatic carbocycles. The summed E-state index contributed by atoms with van der Waals surface area (Å²) in [7, 11) is 1.62. The van der Waals surface area contributed by atoms with Gasteiger partial charge in [-0.15, -0.1) is 0 Å². The molecular weight excluding hydrogens is 340 g/mol. The van der Waals surface area contributed by atoms with Crippen molar-refractivity contribution in [2.45, 2.75) is 6.92 Å². The number of rotatable bonds is 4. The van der Waals surface area contributed by atoms with Gasteiger partial charge in [0.05, 0.1) is 11.6 Å². The van der Waals surface area contributed by atoms with Gasteiger partial charge in [-0.2, -0.15) is 0 Å². The molecule has 0 atom stereocenters. The van der Waals surface area contributed by atoms with E-state index in [-0.39, 0.29) is 4.99 Å². The monoisotopic (exact) mass is 352 g/mol. The fourth-order valence-corrected chi connectivity index (χ4v) is 2.27. The largest absolute Gasteiger partial charge is 0.496 e. The zero-order valence-electron chi connectivity index (χ0n) is 11.0. The van der Waals surface area contributed by atoms with Crippen molar-refractivity contribution in [3.63, 3.8) is 0 Å². The highest BCUT2D eigenvalue weighted by molar-refractivity contribution is 9.10. The Hall–Kier alpha value is -1.73. The van der Waals surface area contributed by atoms with Crippen LogP contribution in [0.4, 0.5) is 11.6 Å². The Morgan fingerprint density at radius 3 is 2.70 bits per heavy atom. The molecule has 1 aromatic heterocycles. The van der Waals surface area contributed by atoms with Crippen LogP contribution in [0.1, 0.15) is 11.4 Å². The highest BCUT2D eigenvalue weighted by Crippen LogP contribution is 2.28. The Balaban J connectivity index is 2.30. The normalized spacial score (nSPS) is 10.2. The van der Waals surface area contributed by atoms with Crippen molar-refractivity contribution in [1.82, 2.24) is 9.97 Å². The smallest absolute Gasteiger partial charge is 0.228 e. The van der Waals surface area contributed by atoms with Crippen LogP contribution in [-0.4, -0.2) is 22.1 Å². The number of anilines is 2. The van der Waals surface area contributed by atoms with E-state index in [0.717, 1.165) is 21.6 Å². The van der Waals surface area contributed by atoms with E-state index >= 15 is 0 Å². The second-order valence-corrected chi connectivity index (χ2v) is 5.35. The molecule has 0 aliphatic rings. The van der Waals surface area contributed by atoms with Gasteiger partial charge in [-0.05, 0) is 47.1 Å². The maximum Gasteiger partial charge on any atom is 0.228 e. The van der Waals surface area contributed by atoms with Crippen molar-refractivity contribution in [2.75, 3.05) is 12.4 Å². The molecule has 20 heavy (non-hydrogen) atoms. The fourth-order valence-electron chi connectivity index (χ4n) is 1.62. The maximum absolute atomic E-state index is 5.60. The van der Waals surface area contributed by atoms with E-state index in [9.17, 15) is 0 Å². The third-order valence-electron chi connectivity index (χ3n) is 2.51. The average molecular weight is 353 g/mol. The molecule has 0 fully saturated rings. The maximum atomic E-state index is 5.60. The van der Waals surface area contributed by atoms with Crippen molar-refractivity contribution < 1.29 is 4.74 Å². The molecule has 0 bridgehead atoms. The number of aromatic nitrogens is 2. The lowest BCUT2D eigenvalue weighted by Gasteiger charge is -2.09.